The molecular weight excluding hydrogens is 264 g/mol. The van der Waals surface area contributed by atoms with Crippen LogP contribution in [-0.2, 0) is 16.0 Å². The predicted molar refractivity (Wildman–Crippen MR) is 71.2 cm³/mol. The maximum atomic E-state index is 11.9. The molecule has 1 rings (SSSR count). The molecule has 1 aromatic carbocycles. The fourth-order valence-electron chi connectivity index (χ4n) is 1.64. The number of nitro groups is 1. The third kappa shape index (κ3) is 4.34. The fourth-order valence-corrected chi connectivity index (χ4v) is 1.64. The molecule has 0 bridgehead atoms. The van der Waals surface area contributed by atoms with Crippen molar-refractivity contribution in [2.24, 2.45) is 5.92 Å². The number of nitro benzene ring substituents is 1. The Labute approximate surface area is 116 Å². The van der Waals surface area contributed by atoms with E-state index in [0.717, 1.165) is 0 Å². The first-order valence-corrected chi connectivity index (χ1v) is 6.01. The number of rotatable bonds is 6. The largest absolute Gasteiger partial charge is 0.481 e. The number of likely N-dealkylation sites (N-methyl/N-ethyl adjacent to an activating group) is 1. The average Bonchev–Trinajstić information content (AvgIpc) is 2.38. The van der Waals surface area contributed by atoms with Crippen LogP contribution in [0.2, 0.25) is 0 Å². The standard InChI is InChI=1S/C13H16N2O5/c1-9(13(17)18)8-14(2)12(16)7-10-3-5-11(6-4-10)15(19)20/h3-6,9H,7-8H2,1-2H3,(H,17,18). The average molecular weight is 280 g/mol. The van der Waals surface area contributed by atoms with Gasteiger partial charge in [-0.2, -0.15) is 0 Å². The van der Waals surface area contributed by atoms with Gasteiger partial charge in [-0.15, -0.1) is 0 Å². The number of carbonyl (C=O) groups is 2. The Morgan fingerprint density at radius 3 is 2.35 bits per heavy atom. The number of hydrogen-bond acceptors (Lipinski definition) is 4. The first kappa shape index (κ1) is 15.6. The van der Waals surface area contributed by atoms with Crippen molar-refractivity contribution in [1.82, 2.24) is 4.90 Å². The smallest absolute Gasteiger partial charge is 0.308 e. The first-order chi connectivity index (χ1) is 9.31. The molecule has 0 radical (unpaired) electrons. The summed E-state index contributed by atoms with van der Waals surface area (Å²) in [5.74, 6) is -1.83. The van der Waals surface area contributed by atoms with Crippen molar-refractivity contribution in [3.05, 3.63) is 39.9 Å². The Kier molecular flexibility index (Phi) is 5.19. The van der Waals surface area contributed by atoms with E-state index < -0.39 is 16.8 Å². The van der Waals surface area contributed by atoms with E-state index in [-0.39, 0.29) is 24.6 Å². The Bertz CT molecular complexity index is 512. The van der Waals surface area contributed by atoms with Gasteiger partial charge in [-0.3, -0.25) is 19.7 Å². The summed E-state index contributed by atoms with van der Waals surface area (Å²) in [5.41, 5.74) is 0.615. The van der Waals surface area contributed by atoms with E-state index in [1.54, 1.807) is 0 Å². The SMILES string of the molecule is CC(CN(C)C(=O)Cc1ccc([N+](=O)[O-])cc1)C(=O)O. The number of aliphatic carboxylic acids is 1. The van der Waals surface area contributed by atoms with Gasteiger partial charge in [0.05, 0.1) is 17.3 Å². The topological polar surface area (TPSA) is 101 Å². The zero-order valence-electron chi connectivity index (χ0n) is 11.3. The molecule has 0 saturated carbocycles. The van der Waals surface area contributed by atoms with Crippen molar-refractivity contribution >= 4 is 17.6 Å². The molecule has 1 aromatic rings. The fraction of sp³-hybridized carbons (Fsp3) is 0.385. The van der Waals surface area contributed by atoms with Crippen molar-refractivity contribution in [3.63, 3.8) is 0 Å². The summed E-state index contributed by atoms with van der Waals surface area (Å²) >= 11 is 0. The minimum atomic E-state index is -0.958. The maximum Gasteiger partial charge on any atom is 0.308 e. The van der Waals surface area contributed by atoms with Crippen LogP contribution in [0, 0.1) is 16.0 Å². The Morgan fingerprint density at radius 2 is 1.90 bits per heavy atom. The van der Waals surface area contributed by atoms with Crippen LogP contribution in [0.1, 0.15) is 12.5 Å². The van der Waals surface area contributed by atoms with Gasteiger partial charge in [-0.25, -0.2) is 0 Å². The normalized spacial score (nSPS) is 11.7. The third-order valence-corrected chi connectivity index (χ3v) is 2.90. The lowest BCUT2D eigenvalue weighted by Crippen LogP contribution is -2.34. The second-order valence-electron chi connectivity index (χ2n) is 4.61. The molecule has 0 aliphatic heterocycles. The zero-order chi connectivity index (χ0) is 15.3. The van der Waals surface area contributed by atoms with Crippen LogP contribution < -0.4 is 0 Å². The highest BCUT2D eigenvalue weighted by atomic mass is 16.6. The monoisotopic (exact) mass is 280 g/mol. The number of carboxylic acid groups (broad SMARTS) is 1. The molecule has 20 heavy (non-hydrogen) atoms. The molecule has 0 spiro atoms. The van der Waals surface area contributed by atoms with Crippen LogP contribution >= 0.6 is 0 Å². The molecule has 7 nitrogen and oxygen atoms in total. The third-order valence-electron chi connectivity index (χ3n) is 2.90. The zero-order valence-corrected chi connectivity index (χ0v) is 11.3. The predicted octanol–water partition coefficient (Wildman–Crippen LogP) is 1.32. The summed E-state index contributed by atoms with van der Waals surface area (Å²) in [5, 5.41) is 19.3. The van der Waals surface area contributed by atoms with E-state index in [1.807, 2.05) is 0 Å². The quantitative estimate of drug-likeness (QED) is 0.625. The minimum Gasteiger partial charge on any atom is -0.481 e. The second-order valence-corrected chi connectivity index (χ2v) is 4.61. The Morgan fingerprint density at radius 1 is 1.35 bits per heavy atom. The highest BCUT2D eigenvalue weighted by Gasteiger charge is 2.17. The molecule has 0 aromatic heterocycles. The molecule has 1 N–H and O–H groups in total. The van der Waals surface area contributed by atoms with Gasteiger partial charge in [0, 0.05) is 25.7 Å². The molecule has 0 heterocycles. The van der Waals surface area contributed by atoms with Gasteiger partial charge in [0.25, 0.3) is 5.69 Å². The lowest BCUT2D eigenvalue weighted by atomic mass is 10.1. The number of carbonyl (C=O) groups excluding carboxylic acids is 1. The van der Waals surface area contributed by atoms with Gasteiger partial charge in [0.2, 0.25) is 5.91 Å². The van der Waals surface area contributed by atoms with Gasteiger partial charge in [0.15, 0.2) is 0 Å². The minimum absolute atomic E-state index is 0.0333. The molecular formula is C13H16N2O5. The highest BCUT2D eigenvalue weighted by molar-refractivity contribution is 5.79. The number of carboxylic acids is 1. The van der Waals surface area contributed by atoms with Gasteiger partial charge < -0.3 is 10.0 Å². The number of non-ortho nitro benzene ring substituents is 1. The number of nitrogens with zero attached hydrogens (tertiary/aromatic N) is 2. The van der Waals surface area contributed by atoms with Gasteiger partial charge in [0.1, 0.15) is 0 Å². The van der Waals surface area contributed by atoms with Crippen molar-refractivity contribution in [2.45, 2.75) is 13.3 Å². The lowest BCUT2D eigenvalue weighted by molar-refractivity contribution is -0.384. The van der Waals surface area contributed by atoms with Crippen molar-refractivity contribution in [1.29, 1.82) is 0 Å². The van der Waals surface area contributed by atoms with Crippen LogP contribution in [0.3, 0.4) is 0 Å². The highest BCUT2D eigenvalue weighted by Crippen LogP contribution is 2.13. The van der Waals surface area contributed by atoms with Crippen LogP contribution in [-0.4, -0.2) is 40.4 Å². The maximum absolute atomic E-state index is 11.9. The summed E-state index contributed by atoms with van der Waals surface area (Å²) in [6.45, 7) is 1.65. The Hall–Kier alpha value is -2.44. The van der Waals surface area contributed by atoms with Crippen LogP contribution in [0.25, 0.3) is 0 Å². The molecule has 0 aliphatic carbocycles. The Balaban J connectivity index is 2.61. The summed E-state index contributed by atoms with van der Waals surface area (Å²) in [6.07, 6.45) is 0.0842. The summed E-state index contributed by atoms with van der Waals surface area (Å²) < 4.78 is 0. The molecule has 0 saturated heterocycles. The molecule has 1 unspecified atom stereocenters. The molecule has 0 fully saturated rings. The van der Waals surface area contributed by atoms with Crippen molar-refractivity contribution in [2.75, 3.05) is 13.6 Å². The van der Waals surface area contributed by atoms with E-state index >= 15 is 0 Å². The molecule has 1 amide bonds. The summed E-state index contributed by atoms with van der Waals surface area (Å²) in [6, 6.07) is 5.71. The van der Waals surface area contributed by atoms with Crippen molar-refractivity contribution < 1.29 is 19.6 Å². The second kappa shape index (κ2) is 6.65. The van der Waals surface area contributed by atoms with Crippen LogP contribution in [0.5, 0.6) is 0 Å². The molecule has 0 aliphatic rings. The van der Waals surface area contributed by atoms with E-state index in [1.165, 1.54) is 43.1 Å². The number of benzene rings is 1. The van der Waals surface area contributed by atoms with Gasteiger partial charge in [-0.05, 0) is 5.56 Å². The number of amides is 1. The van der Waals surface area contributed by atoms with Crippen molar-refractivity contribution in [3.8, 4) is 0 Å². The van der Waals surface area contributed by atoms with Gasteiger partial charge >= 0.3 is 5.97 Å². The van der Waals surface area contributed by atoms with Crippen LogP contribution in [0.4, 0.5) is 5.69 Å². The molecule has 108 valence electrons. The van der Waals surface area contributed by atoms with Crippen LogP contribution in [0.15, 0.2) is 24.3 Å². The van der Waals surface area contributed by atoms with E-state index in [0.29, 0.717) is 5.56 Å². The summed E-state index contributed by atoms with van der Waals surface area (Å²) in [7, 11) is 1.53. The van der Waals surface area contributed by atoms with E-state index in [2.05, 4.69) is 0 Å². The molecule has 7 heteroatoms. The van der Waals surface area contributed by atoms with Gasteiger partial charge in [-0.1, -0.05) is 19.1 Å². The van der Waals surface area contributed by atoms with E-state index in [9.17, 15) is 19.7 Å². The first-order valence-electron chi connectivity index (χ1n) is 6.01. The number of hydrogen-bond donors (Lipinski definition) is 1. The van der Waals surface area contributed by atoms with E-state index in [4.69, 9.17) is 5.11 Å². The molecule has 1 atom stereocenters. The summed E-state index contributed by atoms with van der Waals surface area (Å²) in [4.78, 5) is 33.9. The lowest BCUT2D eigenvalue weighted by Gasteiger charge is -2.19.